The molecule has 134 valence electrons. The summed E-state index contributed by atoms with van der Waals surface area (Å²) in [5, 5.41) is 2.75. The quantitative estimate of drug-likeness (QED) is 0.762. The maximum absolute atomic E-state index is 12.8. The first kappa shape index (κ1) is 17.5. The molecule has 0 saturated heterocycles. The van der Waals surface area contributed by atoms with Crippen LogP contribution in [0.5, 0.6) is 0 Å². The molecule has 2 heterocycles. The van der Waals surface area contributed by atoms with Crippen LogP contribution in [-0.4, -0.2) is 20.9 Å². The molecule has 1 aromatic heterocycles. The second kappa shape index (κ2) is 6.55. The number of carbonyl (C=O) groups excluding carboxylic acids is 2. The van der Waals surface area contributed by atoms with Crippen LogP contribution in [0.1, 0.15) is 18.9 Å². The Balaban J connectivity index is 2.25. The molecule has 0 bridgehead atoms. The molecule has 8 heteroatoms. The highest BCUT2D eigenvalue weighted by molar-refractivity contribution is 6.23. The third kappa shape index (κ3) is 2.79. The molecule has 0 atom stereocenters. The maximum Gasteiger partial charge on any atom is 0.332 e. The Morgan fingerprint density at radius 2 is 1.85 bits per heavy atom. The Labute approximate surface area is 148 Å². The first-order valence-corrected chi connectivity index (χ1v) is 8.15. The van der Waals surface area contributed by atoms with Crippen molar-refractivity contribution in [1.29, 1.82) is 0 Å². The van der Waals surface area contributed by atoms with Gasteiger partial charge in [-0.1, -0.05) is 25.1 Å². The van der Waals surface area contributed by atoms with Gasteiger partial charge in [0.25, 0.3) is 17.4 Å². The Kier molecular flexibility index (Phi) is 4.41. The zero-order chi connectivity index (χ0) is 19.0. The van der Waals surface area contributed by atoms with E-state index >= 15 is 0 Å². The number of nitrogens with one attached hydrogen (secondary N) is 1. The van der Waals surface area contributed by atoms with E-state index in [9.17, 15) is 19.2 Å². The van der Waals surface area contributed by atoms with Crippen molar-refractivity contribution in [1.82, 2.24) is 9.13 Å². The number of aromatic nitrogens is 2. The molecule has 1 N–H and O–H groups in total. The first-order valence-electron chi connectivity index (χ1n) is 8.15. The molecular formula is C18H18N4O4. The minimum Gasteiger partial charge on any atom is -0.322 e. The van der Waals surface area contributed by atoms with Crippen molar-refractivity contribution < 1.29 is 9.59 Å². The van der Waals surface area contributed by atoms with Crippen molar-refractivity contribution in [2.45, 2.75) is 19.8 Å². The van der Waals surface area contributed by atoms with Crippen LogP contribution in [0.25, 0.3) is 5.57 Å². The fourth-order valence-corrected chi connectivity index (χ4v) is 2.97. The summed E-state index contributed by atoms with van der Waals surface area (Å²) >= 11 is 0. The average molecular weight is 354 g/mol. The first-order chi connectivity index (χ1) is 12.3. The predicted octanol–water partition coefficient (Wildman–Crippen LogP) is -1.01. The topological polar surface area (TPSA) is 103 Å². The number of hydrogen-bond acceptors (Lipinski definition) is 4. The zero-order valence-electron chi connectivity index (χ0n) is 14.7. The molecule has 0 fully saturated rings. The molecule has 2 aromatic rings. The summed E-state index contributed by atoms with van der Waals surface area (Å²) < 4.78 is 2.00. The number of anilines is 1. The fraction of sp³-hybridized carbons (Fsp3) is 0.278. The molecule has 1 aromatic carbocycles. The Morgan fingerprint density at radius 1 is 1.15 bits per heavy atom. The van der Waals surface area contributed by atoms with Gasteiger partial charge in [0.2, 0.25) is 0 Å². The average Bonchev–Trinajstić information content (AvgIpc) is 2.64. The lowest BCUT2D eigenvalue weighted by Crippen LogP contribution is -2.59. The van der Waals surface area contributed by atoms with Crippen molar-refractivity contribution in [2.75, 3.05) is 5.32 Å². The predicted molar refractivity (Wildman–Crippen MR) is 95.2 cm³/mol. The molecule has 3 rings (SSSR count). The minimum absolute atomic E-state index is 0.0133. The summed E-state index contributed by atoms with van der Waals surface area (Å²) in [4.78, 5) is 53.2. The van der Waals surface area contributed by atoms with E-state index in [4.69, 9.17) is 0 Å². The number of amides is 2. The van der Waals surface area contributed by atoms with Gasteiger partial charge in [-0.25, -0.2) is 4.79 Å². The van der Waals surface area contributed by atoms with Crippen LogP contribution in [-0.2, 0) is 30.1 Å². The lowest BCUT2D eigenvalue weighted by molar-refractivity contribution is -0.118. The van der Waals surface area contributed by atoms with Gasteiger partial charge in [-0.15, -0.1) is 0 Å². The monoisotopic (exact) mass is 354 g/mol. The minimum atomic E-state index is -0.645. The van der Waals surface area contributed by atoms with E-state index in [-0.39, 0.29) is 22.7 Å². The highest BCUT2D eigenvalue weighted by atomic mass is 16.2. The summed E-state index contributed by atoms with van der Waals surface area (Å²) in [5.74, 6) is -1.12. The summed E-state index contributed by atoms with van der Waals surface area (Å²) in [6, 6.07) is 7.30. The third-order valence-corrected chi connectivity index (χ3v) is 4.41. The number of benzene rings is 1. The van der Waals surface area contributed by atoms with Crippen LogP contribution in [0.15, 0.2) is 38.8 Å². The number of fused-ring (bicyclic) bond motifs is 1. The van der Waals surface area contributed by atoms with E-state index in [1.54, 1.807) is 12.1 Å². The van der Waals surface area contributed by atoms with Gasteiger partial charge in [0.05, 0.1) is 11.6 Å². The molecule has 2 amide bonds. The summed E-state index contributed by atoms with van der Waals surface area (Å²) in [7, 11) is 2.73. The van der Waals surface area contributed by atoms with Gasteiger partial charge in [-0.05, 0) is 18.1 Å². The fourth-order valence-electron chi connectivity index (χ4n) is 2.97. The van der Waals surface area contributed by atoms with Crippen LogP contribution in [0, 0.1) is 0 Å². The van der Waals surface area contributed by atoms with Gasteiger partial charge in [0, 0.05) is 25.4 Å². The summed E-state index contributed by atoms with van der Waals surface area (Å²) in [5.41, 5.74) is 0.231. The number of hydrogen-bond donors (Lipinski definition) is 1. The second-order valence-corrected chi connectivity index (χ2v) is 6.03. The molecule has 8 nitrogen and oxygen atoms in total. The molecule has 0 spiro atoms. The summed E-state index contributed by atoms with van der Waals surface area (Å²) in [6.07, 6.45) is 0.424. The van der Waals surface area contributed by atoms with Crippen LogP contribution >= 0.6 is 0 Å². The Hall–Kier alpha value is -3.29. The highest BCUT2D eigenvalue weighted by Gasteiger charge is 2.23. The van der Waals surface area contributed by atoms with Crippen LogP contribution in [0.2, 0.25) is 0 Å². The molecule has 0 saturated carbocycles. The summed E-state index contributed by atoms with van der Waals surface area (Å²) in [6.45, 7) is 1.96. The van der Waals surface area contributed by atoms with Crippen LogP contribution in [0.4, 0.5) is 5.69 Å². The van der Waals surface area contributed by atoms with E-state index in [2.05, 4.69) is 10.3 Å². The van der Waals surface area contributed by atoms with Crippen molar-refractivity contribution in [3.8, 4) is 0 Å². The van der Waals surface area contributed by atoms with Gasteiger partial charge in [-0.2, -0.15) is 4.99 Å². The second-order valence-electron chi connectivity index (χ2n) is 6.03. The van der Waals surface area contributed by atoms with Crippen molar-refractivity contribution in [2.24, 2.45) is 19.1 Å². The normalized spacial score (nSPS) is 13.2. The molecular weight excluding hydrogens is 336 g/mol. The Bertz CT molecular complexity index is 1170. The number of para-hydroxylation sites is 1. The van der Waals surface area contributed by atoms with Crippen molar-refractivity contribution >= 4 is 23.1 Å². The molecule has 1 aliphatic heterocycles. The molecule has 0 radical (unpaired) electrons. The van der Waals surface area contributed by atoms with Crippen LogP contribution in [0.3, 0.4) is 0 Å². The smallest absolute Gasteiger partial charge is 0.322 e. The third-order valence-electron chi connectivity index (χ3n) is 4.41. The molecule has 1 aliphatic rings. The lowest BCUT2D eigenvalue weighted by Gasteiger charge is -2.14. The molecule has 26 heavy (non-hydrogen) atoms. The maximum atomic E-state index is 12.8. The van der Waals surface area contributed by atoms with Gasteiger partial charge in [0.15, 0.2) is 5.49 Å². The number of aryl methyl sites for hydroxylation is 1. The van der Waals surface area contributed by atoms with Gasteiger partial charge < -0.3 is 5.32 Å². The van der Waals surface area contributed by atoms with Crippen molar-refractivity contribution in [3.63, 3.8) is 0 Å². The van der Waals surface area contributed by atoms with E-state index in [1.807, 2.05) is 19.1 Å². The van der Waals surface area contributed by atoms with E-state index < -0.39 is 23.1 Å². The molecule has 0 unspecified atom stereocenters. The number of carbonyl (C=O) groups is 2. The molecule has 0 aliphatic carbocycles. The SMILES string of the molecule is CCc1ccccc1NC(=O)C1=c2c(=O)n(C)c(=O)n(C)c2=NC(=O)C1. The number of rotatable bonds is 3. The van der Waals surface area contributed by atoms with Gasteiger partial charge >= 0.3 is 5.69 Å². The largest absolute Gasteiger partial charge is 0.332 e. The van der Waals surface area contributed by atoms with E-state index in [0.29, 0.717) is 12.1 Å². The lowest BCUT2D eigenvalue weighted by atomic mass is 10.1. The van der Waals surface area contributed by atoms with Gasteiger partial charge in [0.1, 0.15) is 0 Å². The van der Waals surface area contributed by atoms with E-state index in [1.165, 1.54) is 14.1 Å². The standard InChI is InChI=1S/C18H18N4O4/c1-4-10-7-5-6-8-12(10)19-16(24)11-9-13(23)20-15-14(11)17(25)22(3)18(26)21(15)2/h5-8H,4,9H2,1-3H3,(H,19,24). The zero-order valence-corrected chi connectivity index (χ0v) is 14.7. The van der Waals surface area contributed by atoms with Gasteiger partial charge in [-0.3, -0.25) is 23.5 Å². The highest BCUT2D eigenvalue weighted by Crippen LogP contribution is 2.17. The number of nitrogens with zero attached hydrogens (tertiary/aromatic N) is 3. The Morgan fingerprint density at radius 3 is 2.54 bits per heavy atom. The van der Waals surface area contributed by atoms with E-state index in [0.717, 1.165) is 14.7 Å². The van der Waals surface area contributed by atoms with Crippen molar-refractivity contribution in [3.05, 3.63) is 61.4 Å². The van der Waals surface area contributed by atoms with Crippen LogP contribution < -0.4 is 27.3 Å².